The lowest BCUT2D eigenvalue weighted by molar-refractivity contribution is -0.121. The second-order valence-corrected chi connectivity index (χ2v) is 7.58. The molecule has 8 heteroatoms. The van der Waals surface area contributed by atoms with Gasteiger partial charge in [0.05, 0.1) is 12.2 Å². The Bertz CT molecular complexity index is 772. The smallest absolute Gasteiger partial charge is 0.220 e. The van der Waals surface area contributed by atoms with Crippen LogP contribution >= 0.6 is 35.3 Å². The number of hydrogen-bond acceptors (Lipinski definition) is 4. The van der Waals surface area contributed by atoms with Crippen LogP contribution in [0.5, 0.6) is 0 Å². The normalized spacial score (nSPS) is 15.1. The molecule has 3 rings (SSSR count). The third kappa shape index (κ3) is 6.16. The van der Waals surface area contributed by atoms with Gasteiger partial charge in [0.2, 0.25) is 5.91 Å². The van der Waals surface area contributed by atoms with E-state index in [0.29, 0.717) is 18.9 Å². The van der Waals surface area contributed by atoms with Gasteiger partial charge in [-0.15, -0.1) is 35.3 Å². The van der Waals surface area contributed by atoms with Crippen molar-refractivity contribution in [1.82, 2.24) is 20.5 Å². The molecule has 0 aliphatic carbocycles. The first-order valence-corrected chi connectivity index (χ1v) is 10.2. The molecule has 1 aromatic carbocycles. The molecule has 28 heavy (non-hydrogen) atoms. The van der Waals surface area contributed by atoms with E-state index in [1.807, 2.05) is 25.2 Å². The standard InChI is InChI=1S/C20H27N5OS.HI/c1-21-18(26)12-15-8-10-25(11-9-15)20(22-2)23-13-17-14-27-19(24-17)16-6-4-3-5-7-16;/h3-7,14-15H,8-13H2,1-2H3,(H,21,26)(H,22,23);1H. The number of halogens is 1. The number of nitrogens with one attached hydrogen (secondary N) is 2. The monoisotopic (exact) mass is 513 g/mol. The van der Waals surface area contributed by atoms with Crippen molar-refractivity contribution in [3.63, 3.8) is 0 Å². The zero-order valence-electron chi connectivity index (χ0n) is 16.4. The molecule has 2 heterocycles. The highest BCUT2D eigenvalue weighted by Gasteiger charge is 2.23. The van der Waals surface area contributed by atoms with Gasteiger partial charge in [0.25, 0.3) is 0 Å². The molecule has 2 N–H and O–H groups in total. The Morgan fingerprint density at radius 1 is 1.29 bits per heavy atom. The molecule has 0 bridgehead atoms. The van der Waals surface area contributed by atoms with Crippen molar-refractivity contribution >= 4 is 47.2 Å². The summed E-state index contributed by atoms with van der Waals surface area (Å²) >= 11 is 1.66. The summed E-state index contributed by atoms with van der Waals surface area (Å²) in [5.74, 6) is 1.50. The number of benzene rings is 1. The van der Waals surface area contributed by atoms with Crippen molar-refractivity contribution in [2.75, 3.05) is 27.2 Å². The van der Waals surface area contributed by atoms with Crippen LogP contribution in [0.2, 0.25) is 0 Å². The number of hydrogen-bond donors (Lipinski definition) is 2. The molecular weight excluding hydrogens is 485 g/mol. The predicted octanol–water partition coefficient (Wildman–Crippen LogP) is 3.35. The van der Waals surface area contributed by atoms with Crippen LogP contribution < -0.4 is 10.6 Å². The number of thiazole rings is 1. The molecule has 1 aliphatic rings. The number of amides is 1. The third-order valence-electron chi connectivity index (χ3n) is 4.88. The van der Waals surface area contributed by atoms with E-state index in [1.54, 1.807) is 18.4 Å². The fraction of sp³-hybridized carbons (Fsp3) is 0.450. The molecule has 0 unspecified atom stereocenters. The molecule has 1 amide bonds. The minimum Gasteiger partial charge on any atom is -0.359 e. The van der Waals surface area contributed by atoms with Crippen molar-refractivity contribution in [2.45, 2.75) is 25.8 Å². The number of likely N-dealkylation sites (tertiary alicyclic amines) is 1. The fourth-order valence-electron chi connectivity index (χ4n) is 3.32. The number of aromatic nitrogens is 1. The highest BCUT2D eigenvalue weighted by Crippen LogP contribution is 2.23. The molecule has 152 valence electrons. The molecule has 1 aromatic heterocycles. The van der Waals surface area contributed by atoms with Gasteiger partial charge >= 0.3 is 0 Å². The molecule has 6 nitrogen and oxygen atoms in total. The second-order valence-electron chi connectivity index (χ2n) is 6.72. The number of nitrogens with zero attached hydrogens (tertiary/aromatic N) is 3. The summed E-state index contributed by atoms with van der Waals surface area (Å²) in [4.78, 5) is 23.0. The minimum absolute atomic E-state index is 0. The van der Waals surface area contributed by atoms with Crippen LogP contribution in [-0.2, 0) is 11.3 Å². The summed E-state index contributed by atoms with van der Waals surface area (Å²) in [6.07, 6.45) is 2.66. The maximum Gasteiger partial charge on any atom is 0.220 e. The first-order valence-electron chi connectivity index (χ1n) is 9.35. The third-order valence-corrected chi connectivity index (χ3v) is 5.82. The Morgan fingerprint density at radius 3 is 2.64 bits per heavy atom. The van der Waals surface area contributed by atoms with Crippen LogP contribution in [-0.4, -0.2) is 48.9 Å². The average molecular weight is 513 g/mol. The summed E-state index contributed by atoms with van der Waals surface area (Å²) in [6.45, 7) is 2.51. The highest BCUT2D eigenvalue weighted by atomic mass is 127. The van der Waals surface area contributed by atoms with Crippen LogP contribution in [0.15, 0.2) is 40.7 Å². The van der Waals surface area contributed by atoms with E-state index >= 15 is 0 Å². The van der Waals surface area contributed by atoms with Crippen LogP contribution in [0.3, 0.4) is 0 Å². The average Bonchev–Trinajstić information content (AvgIpc) is 3.19. The number of carbonyl (C=O) groups is 1. The largest absolute Gasteiger partial charge is 0.359 e. The zero-order chi connectivity index (χ0) is 19.1. The van der Waals surface area contributed by atoms with Crippen molar-refractivity contribution < 1.29 is 4.79 Å². The molecule has 0 radical (unpaired) electrons. The molecule has 0 spiro atoms. The van der Waals surface area contributed by atoms with E-state index in [2.05, 4.69) is 38.0 Å². The number of guanidine groups is 1. The second kappa shape index (κ2) is 11.4. The van der Waals surface area contributed by atoms with Gasteiger partial charge in [-0.25, -0.2) is 4.98 Å². The molecule has 0 saturated carbocycles. The summed E-state index contributed by atoms with van der Waals surface area (Å²) in [5.41, 5.74) is 2.17. The Labute approximate surface area is 187 Å². The first-order chi connectivity index (χ1) is 13.2. The van der Waals surface area contributed by atoms with Crippen molar-refractivity contribution in [2.24, 2.45) is 10.9 Å². The Hall–Kier alpha value is -1.68. The Morgan fingerprint density at radius 2 is 2.00 bits per heavy atom. The Balaban J connectivity index is 0.00000280. The van der Waals surface area contributed by atoms with Gasteiger partial charge in [0.15, 0.2) is 5.96 Å². The number of aliphatic imine (C=N–C) groups is 1. The van der Waals surface area contributed by atoms with Gasteiger partial charge < -0.3 is 15.5 Å². The van der Waals surface area contributed by atoms with Crippen LogP contribution in [0.4, 0.5) is 0 Å². The quantitative estimate of drug-likeness (QED) is 0.366. The molecule has 1 fully saturated rings. The lowest BCUT2D eigenvalue weighted by Gasteiger charge is -2.34. The van der Waals surface area contributed by atoms with E-state index in [4.69, 9.17) is 4.98 Å². The van der Waals surface area contributed by atoms with Crippen molar-refractivity contribution in [1.29, 1.82) is 0 Å². The maximum atomic E-state index is 11.5. The highest BCUT2D eigenvalue weighted by molar-refractivity contribution is 14.0. The van der Waals surface area contributed by atoms with Gasteiger partial charge in [0.1, 0.15) is 5.01 Å². The topological polar surface area (TPSA) is 69.6 Å². The van der Waals surface area contributed by atoms with Crippen LogP contribution in [0, 0.1) is 5.92 Å². The zero-order valence-corrected chi connectivity index (χ0v) is 19.5. The summed E-state index contributed by atoms with van der Waals surface area (Å²) < 4.78 is 0. The lowest BCUT2D eigenvalue weighted by atomic mass is 9.93. The summed E-state index contributed by atoms with van der Waals surface area (Å²) in [6, 6.07) is 10.2. The van der Waals surface area contributed by atoms with Crippen molar-refractivity contribution in [3.05, 3.63) is 41.4 Å². The molecule has 2 aromatic rings. The number of rotatable bonds is 5. The summed E-state index contributed by atoms with van der Waals surface area (Å²) in [5, 5.41) is 9.28. The van der Waals surface area contributed by atoms with Crippen LogP contribution in [0.25, 0.3) is 10.6 Å². The van der Waals surface area contributed by atoms with E-state index in [1.165, 1.54) is 0 Å². The van der Waals surface area contributed by atoms with Gasteiger partial charge in [-0.1, -0.05) is 30.3 Å². The predicted molar refractivity (Wildman–Crippen MR) is 126 cm³/mol. The molecular formula is C20H28IN5OS. The molecule has 1 saturated heterocycles. The van der Waals surface area contributed by atoms with Gasteiger partial charge in [-0.2, -0.15) is 0 Å². The SMILES string of the molecule is CN=C(NCc1csc(-c2ccccc2)n1)N1CCC(CC(=O)NC)CC1.I. The fourth-order valence-corrected chi connectivity index (χ4v) is 4.14. The molecule has 1 aliphatic heterocycles. The van der Waals surface area contributed by atoms with E-state index in [9.17, 15) is 4.79 Å². The van der Waals surface area contributed by atoms with Gasteiger partial charge in [-0.3, -0.25) is 9.79 Å². The van der Waals surface area contributed by atoms with Gasteiger partial charge in [0, 0.05) is 44.5 Å². The maximum absolute atomic E-state index is 11.5. The van der Waals surface area contributed by atoms with Gasteiger partial charge in [-0.05, 0) is 18.8 Å². The van der Waals surface area contributed by atoms with E-state index < -0.39 is 0 Å². The number of carbonyl (C=O) groups excluding carboxylic acids is 1. The van der Waals surface area contributed by atoms with E-state index in [0.717, 1.165) is 48.2 Å². The first kappa shape index (κ1) is 22.6. The lowest BCUT2D eigenvalue weighted by Crippen LogP contribution is -2.45. The minimum atomic E-state index is 0. The summed E-state index contributed by atoms with van der Waals surface area (Å²) in [7, 11) is 3.51. The van der Waals surface area contributed by atoms with E-state index in [-0.39, 0.29) is 29.9 Å². The van der Waals surface area contributed by atoms with Crippen LogP contribution in [0.1, 0.15) is 25.0 Å². The molecule has 0 atom stereocenters. The Kier molecular flexibility index (Phi) is 9.17. The number of piperidine rings is 1. The van der Waals surface area contributed by atoms with Crippen molar-refractivity contribution in [3.8, 4) is 10.6 Å².